The van der Waals surface area contributed by atoms with Gasteiger partial charge in [0.1, 0.15) is 0 Å². The normalized spacial score (nSPS) is 17.9. The van der Waals surface area contributed by atoms with Crippen LogP contribution in [0.3, 0.4) is 0 Å². The lowest BCUT2D eigenvalue weighted by Crippen LogP contribution is -1.91. The van der Waals surface area contributed by atoms with E-state index in [9.17, 15) is 0 Å². The molecule has 0 atom stereocenters. The molecule has 0 saturated carbocycles. The van der Waals surface area contributed by atoms with Crippen molar-refractivity contribution >= 4 is 32.3 Å². The van der Waals surface area contributed by atoms with Crippen molar-refractivity contribution in [3.8, 4) is 22.3 Å². The minimum Gasteiger partial charge on any atom is -0.0622 e. The van der Waals surface area contributed by atoms with Crippen LogP contribution >= 0.6 is 0 Å². The van der Waals surface area contributed by atoms with E-state index in [1.54, 1.807) is 30.3 Å². The third kappa shape index (κ3) is 2.62. The molecular formula is C30H20. The molecule has 0 aliphatic carbocycles. The molecule has 140 valence electrons. The van der Waals surface area contributed by atoms with Gasteiger partial charge >= 0.3 is 0 Å². The van der Waals surface area contributed by atoms with Gasteiger partial charge in [0.25, 0.3) is 0 Å². The Morgan fingerprint density at radius 1 is 0.467 bits per heavy atom. The third-order valence-electron chi connectivity index (χ3n) is 5.07. The van der Waals surface area contributed by atoms with Crippen LogP contribution in [-0.2, 0) is 0 Å². The Kier molecular flexibility index (Phi) is 1.85. The smallest absolute Gasteiger partial charge is 0.0622 e. The second-order valence-electron chi connectivity index (χ2n) is 6.71. The zero-order valence-corrected chi connectivity index (χ0v) is 15.5. The molecule has 0 aliphatic rings. The quantitative estimate of drug-likeness (QED) is 0.258. The molecule has 6 aromatic carbocycles. The number of fused-ring (bicyclic) bond motifs is 3. The first-order chi connectivity index (χ1) is 20.7. The average molecular weight is 395 g/mol. The molecule has 0 aliphatic heterocycles. The molecule has 0 unspecified atom stereocenters. The van der Waals surface area contributed by atoms with E-state index in [4.69, 9.17) is 19.2 Å². The van der Waals surface area contributed by atoms with Crippen molar-refractivity contribution in [2.24, 2.45) is 0 Å². The van der Waals surface area contributed by atoms with E-state index in [1.807, 2.05) is 0 Å². The van der Waals surface area contributed by atoms with Crippen LogP contribution in [-0.4, -0.2) is 0 Å². The lowest BCUT2D eigenvalue weighted by atomic mass is 9.85. The van der Waals surface area contributed by atoms with Crippen LogP contribution in [0.2, 0.25) is 0 Å². The molecule has 0 amide bonds. The lowest BCUT2D eigenvalue weighted by Gasteiger charge is -2.18. The minimum atomic E-state index is -0.633. The molecule has 0 aromatic heterocycles. The van der Waals surface area contributed by atoms with Gasteiger partial charge in [-0.15, -0.1) is 0 Å². The van der Waals surface area contributed by atoms with Gasteiger partial charge in [-0.3, -0.25) is 0 Å². The van der Waals surface area contributed by atoms with Crippen LogP contribution in [0.15, 0.2) is 121 Å². The molecule has 0 spiro atoms. The van der Waals surface area contributed by atoms with Crippen LogP contribution in [0.25, 0.3) is 54.6 Å². The number of benzene rings is 6. The first-order valence-corrected chi connectivity index (χ1v) is 9.24. The fourth-order valence-corrected chi connectivity index (χ4v) is 3.82. The largest absolute Gasteiger partial charge is 0.0636 e. The van der Waals surface area contributed by atoms with Crippen molar-refractivity contribution in [3.05, 3.63) is 121 Å². The highest BCUT2D eigenvalue weighted by Crippen LogP contribution is 2.44. The summed E-state index contributed by atoms with van der Waals surface area (Å²) in [6, 6.07) is 1.88. The summed E-state index contributed by atoms with van der Waals surface area (Å²) < 4.78 is 120. The second kappa shape index (κ2) is 6.86. The molecule has 0 nitrogen and oxygen atoms in total. The molecule has 0 heterocycles. The van der Waals surface area contributed by atoms with Crippen LogP contribution in [0.5, 0.6) is 0 Å². The fourth-order valence-electron chi connectivity index (χ4n) is 3.82. The minimum absolute atomic E-state index is 0.0661. The predicted molar refractivity (Wildman–Crippen MR) is 130 cm³/mol. The van der Waals surface area contributed by atoms with Crippen molar-refractivity contribution in [1.82, 2.24) is 0 Å². The summed E-state index contributed by atoms with van der Waals surface area (Å²) in [5.74, 6) is 0. The van der Waals surface area contributed by atoms with Crippen molar-refractivity contribution in [1.29, 1.82) is 0 Å². The van der Waals surface area contributed by atoms with Gasteiger partial charge in [0.15, 0.2) is 0 Å². The maximum Gasteiger partial charge on any atom is 0.0636 e. The Morgan fingerprint density at radius 2 is 1.10 bits per heavy atom. The Bertz CT molecular complexity index is 2160. The van der Waals surface area contributed by atoms with Gasteiger partial charge in [-0.2, -0.15) is 0 Å². The summed E-state index contributed by atoms with van der Waals surface area (Å²) >= 11 is 0. The molecular weight excluding hydrogens is 360 g/mol. The molecule has 0 radical (unpaired) electrons. The molecule has 0 fully saturated rings. The number of hydrogen-bond acceptors (Lipinski definition) is 0. The van der Waals surface area contributed by atoms with Crippen LogP contribution in [0.4, 0.5) is 0 Å². The lowest BCUT2D eigenvalue weighted by molar-refractivity contribution is 1.63. The molecule has 6 aromatic rings. The highest BCUT2D eigenvalue weighted by atomic mass is 14.2. The average Bonchev–Trinajstić information content (AvgIpc) is 3.02. The molecule has 30 heavy (non-hydrogen) atoms. The topological polar surface area (TPSA) is 0 Å². The standard InChI is InChI=1S/C30H20/c1-2-10-21(11-3-1)28-19-18-22-12-4-7-15-25(22)29(28)30-26-16-8-5-13-23(26)20-24-14-6-9-17-27(24)30/h1-20H/i1D,2D,3D,5D,6D,8D,9D,10D,11D,13D,14D,16D,17D,20D. The van der Waals surface area contributed by atoms with E-state index in [-0.39, 0.29) is 43.8 Å². The van der Waals surface area contributed by atoms with Gasteiger partial charge in [0.05, 0.1) is 19.2 Å². The van der Waals surface area contributed by atoms with E-state index >= 15 is 0 Å². The third-order valence-corrected chi connectivity index (χ3v) is 5.07. The Morgan fingerprint density at radius 3 is 1.83 bits per heavy atom. The van der Waals surface area contributed by atoms with Crippen LogP contribution in [0, 0.1) is 0 Å². The maximum atomic E-state index is 9.00. The summed E-state index contributed by atoms with van der Waals surface area (Å²) in [6.45, 7) is 0. The Balaban J connectivity index is 2.05. The van der Waals surface area contributed by atoms with E-state index in [0.717, 1.165) is 0 Å². The van der Waals surface area contributed by atoms with Gasteiger partial charge < -0.3 is 0 Å². The molecule has 0 heteroatoms. The highest BCUT2D eigenvalue weighted by Gasteiger charge is 2.17. The Hall–Kier alpha value is -3.90. The van der Waals surface area contributed by atoms with Crippen molar-refractivity contribution in [2.75, 3.05) is 0 Å². The van der Waals surface area contributed by atoms with Gasteiger partial charge in [-0.05, 0) is 60.6 Å². The summed E-state index contributed by atoms with van der Waals surface area (Å²) in [6.07, 6.45) is 0. The summed E-state index contributed by atoms with van der Waals surface area (Å²) in [5, 5.41) is 0.104. The molecule has 0 bridgehead atoms. The predicted octanol–water partition coefficient (Wildman–Crippen LogP) is 8.48. The van der Waals surface area contributed by atoms with E-state index < -0.39 is 84.6 Å². The summed E-state index contributed by atoms with van der Waals surface area (Å²) in [5.41, 5.74) is -0.0502. The van der Waals surface area contributed by atoms with E-state index in [2.05, 4.69) is 0 Å². The maximum absolute atomic E-state index is 9.00. The zero-order chi connectivity index (χ0) is 32.1. The van der Waals surface area contributed by atoms with Gasteiger partial charge in [0.2, 0.25) is 0 Å². The zero-order valence-electron chi connectivity index (χ0n) is 29.5. The number of hydrogen-bond donors (Lipinski definition) is 0. The summed E-state index contributed by atoms with van der Waals surface area (Å²) in [4.78, 5) is 0. The summed E-state index contributed by atoms with van der Waals surface area (Å²) in [7, 11) is 0. The Labute approximate surface area is 195 Å². The molecule has 6 rings (SSSR count). The van der Waals surface area contributed by atoms with Crippen molar-refractivity contribution in [3.63, 3.8) is 0 Å². The van der Waals surface area contributed by atoms with Gasteiger partial charge in [-0.25, -0.2) is 0 Å². The van der Waals surface area contributed by atoms with Crippen LogP contribution in [0.1, 0.15) is 19.2 Å². The first kappa shape index (κ1) is 8.08. The second-order valence-corrected chi connectivity index (χ2v) is 6.71. The monoisotopic (exact) mass is 394 g/mol. The van der Waals surface area contributed by atoms with Crippen molar-refractivity contribution in [2.45, 2.75) is 0 Å². The van der Waals surface area contributed by atoms with Gasteiger partial charge in [-0.1, -0.05) is 115 Å². The first-order valence-electron chi connectivity index (χ1n) is 16.2. The fraction of sp³-hybridized carbons (Fsp3) is 0. The van der Waals surface area contributed by atoms with E-state index in [0.29, 0.717) is 10.8 Å². The SMILES string of the molecule is [2H]c1c([2H])c([2H])c(-c2ccc3ccccc3c2-c2c3c([2H])c([2H])c([2H])c([2H])c3c([2H])c3c([2H])c([2H])c([2H])c([2H])c23)c([2H])c1[2H]. The highest BCUT2D eigenvalue weighted by molar-refractivity contribution is 6.19. The van der Waals surface area contributed by atoms with Crippen molar-refractivity contribution < 1.29 is 19.2 Å². The number of rotatable bonds is 2. The molecule has 0 saturated heterocycles. The van der Waals surface area contributed by atoms with E-state index in [1.165, 1.54) is 6.07 Å². The van der Waals surface area contributed by atoms with Gasteiger partial charge in [0, 0.05) is 0 Å². The molecule has 0 N–H and O–H groups in total. The van der Waals surface area contributed by atoms with Crippen LogP contribution < -0.4 is 0 Å².